The highest BCUT2D eigenvalue weighted by atomic mass is 16.6. The van der Waals surface area contributed by atoms with Crippen molar-refractivity contribution in [2.24, 2.45) is 0 Å². The minimum Gasteiger partial charge on any atom is -0.486 e. The van der Waals surface area contributed by atoms with E-state index in [1.807, 2.05) is 6.07 Å². The Morgan fingerprint density at radius 2 is 1.89 bits per heavy atom. The van der Waals surface area contributed by atoms with Crippen molar-refractivity contribution in [2.45, 2.75) is 32.6 Å². The number of hydrogen-bond donors (Lipinski definition) is 1. The molecule has 18 heavy (non-hydrogen) atoms. The molecule has 0 saturated carbocycles. The molecule has 0 unspecified atom stereocenters. The van der Waals surface area contributed by atoms with E-state index in [1.54, 1.807) is 0 Å². The number of ether oxygens (including phenoxy) is 2. The Kier molecular flexibility index (Phi) is 4.12. The second kappa shape index (κ2) is 5.61. The number of nitrogens with one attached hydrogen (secondary N) is 1. The predicted octanol–water partition coefficient (Wildman–Crippen LogP) is 2.74. The lowest BCUT2D eigenvalue weighted by Gasteiger charge is -2.27. The summed E-state index contributed by atoms with van der Waals surface area (Å²) < 4.78 is 11.2. The van der Waals surface area contributed by atoms with Gasteiger partial charge in [-0.15, -0.1) is 0 Å². The maximum absolute atomic E-state index is 5.64. The van der Waals surface area contributed by atoms with Crippen LogP contribution in [-0.2, 0) is 5.41 Å². The molecule has 0 atom stereocenters. The third-order valence-corrected chi connectivity index (χ3v) is 3.50. The first-order valence-electron chi connectivity index (χ1n) is 6.74. The quantitative estimate of drug-likeness (QED) is 0.814. The fourth-order valence-electron chi connectivity index (χ4n) is 2.19. The highest BCUT2D eigenvalue weighted by molar-refractivity contribution is 5.45. The van der Waals surface area contributed by atoms with Crippen LogP contribution in [0.4, 0.5) is 0 Å². The normalized spacial score (nSPS) is 14.6. The van der Waals surface area contributed by atoms with Crippen LogP contribution in [0.2, 0.25) is 0 Å². The first kappa shape index (κ1) is 13.2. The molecule has 0 aromatic heterocycles. The molecule has 1 heterocycles. The molecule has 0 amide bonds. The van der Waals surface area contributed by atoms with Crippen molar-refractivity contribution in [2.75, 3.05) is 26.3 Å². The standard InChI is InChI=1S/C15H23NO2/c1-4-16-8-7-15(2,3)12-5-6-13-14(11-12)18-10-9-17-13/h5-6,11,16H,4,7-10H2,1-3H3. The summed E-state index contributed by atoms with van der Waals surface area (Å²) in [6.45, 7) is 10.0. The fraction of sp³-hybridized carbons (Fsp3) is 0.600. The van der Waals surface area contributed by atoms with E-state index in [0.29, 0.717) is 13.2 Å². The Labute approximate surface area is 109 Å². The number of rotatable bonds is 5. The van der Waals surface area contributed by atoms with Crippen molar-refractivity contribution in [1.82, 2.24) is 5.32 Å². The Balaban J connectivity index is 2.11. The van der Waals surface area contributed by atoms with Gasteiger partial charge in [0.15, 0.2) is 11.5 Å². The van der Waals surface area contributed by atoms with Crippen molar-refractivity contribution < 1.29 is 9.47 Å². The predicted molar refractivity (Wildman–Crippen MR) is 73.6 cm³/mol. The third-order valence-electron chi connectivity index (χ3n) is 3.50. The zero-order valence-corrected chi connectivity index (χ0v) is 11.6. The van der Waals surface area contributed by atoms with Gasteiger partial charge in [-0.2, -0.15) is 0 Å². The second-order valence-corrected chi connectivity index (χ2v) is 5.35. The largest absolute Gasteiger partial charge is 0.486 e. The maximum Gasteiger partial charge on any atom is 0.161 e. The first-order chi connectivity index (χ1) is 8.63. The van der Waals surface area contributed by atoms with Crippen LogP contribution in [0.3, 0.4) is 0 Å². The van der Waals surface area contributed by atoms with Gasteiger partial charge in [0.1, 0.15) is 13.2 Å². The molecule has 1 aliphatic rings. The Morgan fingerprint density at radius 3 is 2.61 bits per heavy atom. The third kappa shape index (κ3) is 2.96. The van der Waals surface area contributed by atoms with E-state index in [0.717, 1.165) is 31.0 Å². The fourth-order valence-corrected chi connectivity index (χ4v) is 2.19. The van der Waals surface area contributed by atoms with Gasteiger partial charge in [-0.3, -0.25) is 0 Å². The smallest absolute Gasteiger partial charge is 0.161 e. The molecule has 0 spiro atoms. The zero-order chi connectivity index (χ0) is 13.0. The molecule has 0 radical (unpaired) electrons. The molecule has 100 valence electrons. The Hall–Kier alpha value is -1.22. The summed E-state index contributed by atoms with van der Waals surface area (Å²) in [5.41, 5.74) is 1.46. The minimum atomic E-state index is 0.151. The molecule has 1 N–H and O–H groups in total. The van der Waals surface area contributed by atoms with Gasteiger partial charge in [0.2, 0.25) is 0 Å². The Bertz CT molecular complexity index is 401. The topological polar surface area (TPSA) is 30.5 Å². The van der Waals surface area contributed by atoms with Crippen LogP contribution in [0.1, 0.15) is 32.8 Å². The summed E-state index contributed by atoms with van der Waals surface area (Å²) in [6.07, 6.45) is 1.11. The van der Waals surface area contributed by atoms with Crippen LogP contribution >= 0.6 is 0 Å². The molecule has 0 fully saturated rings. The summed E-state index contributed by atoms with van der Waals surface area (Å²) in [5, 5.41) is 3.38. The van der Waals surface area contributed by atoms with Crippen LogP contribution in [0, 0.1) is 0 Å². The summed E-state index contributed by atoms with van der Waals surface area (Å²) in [7, 11) is 0. The highest BCUT2D eigenvalue weighted by Gasteiger charge is 2.22. The van der Waals surface area contributed by atoms with E-state index in [4.69, 9.17) is 9.47 Å². The van der Waals surface area contributed by atoms with E-state index in [9.17, 15) is 0 Å². The molecule has 3 nitrogen and oxygen atoms in total. The lowest BCUT2D eigenvalue weighted by Crippen LogP contribution is -2.25. The highest BCUT2D eigenvalue weighted by Crippen LogP contribution is 2.36. The van der Waals surface area contributed by atoms with Crippen molar-refractivity contribution in [1.29, 1.82) is 0 Å². The van der Waals surface area contributed by atoms with Gasteiger partial charge in [0, 0.05) is 0 Å². The van der Waals surface area contributed by atoms with Gasteiger partial charge < -0.3 is 14.8 Å². The van der Waals surface area contributed by atoms with Crippen LogP contribution < -0.4 is 14.8 Å². The Morgan fingerprint density at radius 1 is 1.17 bits per heavy atom. The zero-order valence-electron chi connectivity index (χ0n) is 11.6. The molecule has 1 aliphatic heterocycles. The number of benzene rings is 1. The molecule has 0 aliphatic carbocycles. The summed E-state index contributed by atoms with van der Waals surface area (Å²) in [6, 6.07) is 6.30. The minimum absolute atomic E-state index is 0.151. The molecule has 0 saturated heterocycles. The van der Waals surface area contributed by atoms with E-state index in [-0.39, 0.29) is 5.41 Å². The summed E-state index contributed by atoms with van der Waals surface area (Å²) >= 11 is 0. The molecule has 0 bridgehead atoms. The van der Waals surface area contributed by atoms with Crippen LogP contribution in [0.5, 0.6) is 11.5 Å². The first-order valence-corrected chi connectivity index (χ1v) is 6.74. The molecule has 3 heteroatoms. The van der Waals surface area contributed by atoms with Gasteiger partial charge in [-0.1, -0.05) is 26.8 Å². The van der Waals surface area contributed by atoms with Gasteiger partial charge in [-0.25, -0.2) is 0 Å². The van der Waals surface area contributed by atoms with E-state index >= 15 is 0 Å². The van der Waals surface area contributed by atoms with E-state index in [2.05, 4.69) is 38.2 Å². The van der Waals surface area contributed by atoms with Gasteiger partial charge in [0.05, 0.1) is 0 Å². The average molecular weight is 249 g/mol. The van der Waals surface area contributed by atoms with Crippen molar-refractivity contribution >= 4 is 0 Å². The lowest BCUT2D eigenvalue weighted by atomic mass is 9.81. The summed E-state index contributed by atoms with van der Waals surface area (Å²) in [5.74, 6) is 1.75. The van der Waals surface area contributed by atoms with E-state index < -0.39 is 0 Å². The van der Waals surface area contributed by atoms with Crippen LogP contribution in [-0.4, -0.2) is 26.3 Å². The molecular formula is C15H23NO2. The molecule has 1 aromatic rings. The number of hydrogen-bond acceptors (Lipinski definition) is 3. The average Bonchev–Trinajstić information content (AvgIpc) is 2.38. The molecule has 2 rings (SSSR count). The van der Waals surface area contributed by atoms with E-state index in [1.165, 1.54) is 5.56 Å². The molecular weight excluding hydrogens is 226 g/mol. The van der Waals surface area contributed by atoms with Crippen LogP contribution in [0.15, 0.2) is 18.2 Å². The monoisotopic (exact) mass is 249 g/mol. The lowest BCUT2D eigenvalue weighted by molar-refractivity contribution is 0.171. The van der Waals surface area contributed by atoms with Gasteiger partial charge in [0.25, 0.3) is 0 Å². The number of fused-ring (bicyclic) bond motifs is 1. The van der Waals surface area contributed by atoms with Crippen molar-refractivity contribution in [3.63, 3.8) is 0 Å². The van der Waals surface area contributed by atoms with Crippen LogP contribution in [0.25, 0.3) is 0 Å². The van der Waals surface area contributed by atoms with Crippen molar-refractivity contribution in [3.8, 4) is 11.5 Å². The maximum atomic E-state index is 5.64. The second-order valence-electron chi connectivity index (χ2n) is 5.35. The molecule has 1 aromatic carbocycles. The van der Waals surface area contributed by atoms with Gasteiger partial charge >= 0.3 is 0 Å². The van der Waals surface area contributed by atoms with Gasteiger partial charge in [-0.05, 0) is 42.6 Å². The van der Waals surface area contributed by atoms with Crippen molar-refractivity contribution in [3.05, 3.63) is 23.8 Å². The SMILES string of the molecule is CCNCCC(C)(C)c1ccc2c(c1)OCCO2. The summed E-state index contributed by atoms with van der Waals surface area (Å²) in [4.78, 5) is 0.